The zero-order valence-corrected chi connectivity index (χ0v) is 16.5. The number of nitriles is 1. The summed E-state index contributed by atoms with van der Waals surface area (Å²) in [6.07, 6.45) is 4.21. The highest BCUT2D eigenvalue weighted by atomic mass is 15.2. The average molecular weight is 396 g/mol. The largest absolute Gasteiger partial charge is 0.397 e. The molecule has 3 N–H and O–H groups in total. The first-order chi connectivity index (χ1) is 14.6. The van der Waals surface area contributed by atoms with E-state index in [4.69, 9.17) is 5.73 Å². The predicted octanol–water partition coefficient (Wildman–Crippen LogP) is 3.00. The molecule has 0 atom stereocenters. The normalized spacial score (nSPS) is 13.7. The lowest BCUT2D eigenvalue weighted by Crippen LogP contribution is -2.26. The maximum atomic E-state index is 9.57. The number of nitrogens with two attached hydrogens (primary N) is 1. The molecule has 0 aliphatic carbocycles. The summed E-state index contributed by atoms with van der Waals surface area (Å²) in [6.45, 7) is 2.00. The van der Waals surface area contributed by atoms with Gasteiger partial charge in [0.25, 0.3) is 0 Å². The van der Waals surface area contributed by atoms with E-state index in [0.717, 1.165) is 30.7 Å². The summed E-state index contributed by atoms with van der Waals surface area (Å²) in [6, 6.07) is 14.0. The Morgan fingerprint density at radius 1 is 1.17 bits per heavy atom. The Hall–Kier alpha value is -3.96. The first kappa shape index (κ1) is 18.1. The van der Waals surface area contributed by atoms with Gasteiger partial charge in [-0.15, -0.1) is 0 Å². The number of rotatable bonds is 3. The molecule has 0 saturated carbocycles. The van der Waals surface area contributed by atoms with E-state index in [9.17, 15) is 5.26 Å². The molecule has 8 nitrogen and oxygen atoms in total. The van der Waals surface area contributed by atoms with Crippen LogP contribution in [0.5, 0.6) is 0 Å². The number of aromatic nitrogens is 4. The summed E-state index contributed by atoms with van der Waals surface area (Å²) in [5.41, 5.74) is 12.0. The summed E-state index contributed by atoms with van der Waals surface area (Å²) in [7, 11) is 2.13. The van der Waals surface area contributed by atoms with E-state index < -0.39 is 0 Å². The van der Waals surface area contributed by atoms with E-state index in [-0.39, 0.29) is 0 Å². The molecule has 0 bridgehead atoms. The summed E-state index contributed by atoms with van der Waals surface area (Å²) in [5.74, 6) is 0.875. The van der Waals surface area contributed by atoms with Gasteiger partial charge < -0.3 is 16.0 Å². The molecule has 0 fully saturated rings. The second-order valence-electron chi connectivity index (χ2n) is 7.47. The number of fused-ring (bicyclic) bond motifs is 2. The quantitative estimate of drug-likeness (QED) is 0.512. The molecule has 1 aliphatic heterocycles. The number of anilines is 3. The van der Waals surface area contributed by atoms with Crippen molar-refractivity contribution in [3.05, 3.63) is 65.6 Å². The fourth-order valence-corrected chi connectivity index (χ4v) is 3.83. The molecule has 148 valence electrons. The summed E-state index contributed by atoms with van der Waals surface area (Å²) in [4.78, 5) is 15.6. The number of nitrogens with zero attached hydrogens (tertiary/aromatic N) is 6. The van der Waals surface area contributed by atoms with Crippen molar-refractivity contribution in [3.8, 4) is 11.9 Å². The Labute approximate surface area is 173 Å². The lowest BCUT2D eigenvalue weighted by atomic mass is 9.99. The van der Waals surface area contributed by atoms with Gasteiger partial charge in [-0.05, 0) is 48.9 Å². The molecule has 0 saturated heterocycles. The number of hydrogen-bond donors (Lipinski definition) is 2. The molecular formula is C22H20N8. The van der Waals surface area contributed by atoms with Crippen molar-refractivity contribution >= 4 is 28.4 Å². The van der Waals surface area contributed by atoms with Gasteiger partial charge in [-0.1, -0.05) is 12.1 Å². The summed E-state index contributed by atoms with van der Waals surface area (Å²) in [5, 5.41) is 12.8. The molecule has 30 heavy (non-hydrogen) atoms. The Balaban J connectivity index is 1.53. The average Bonchev–Trinajstić information content (AvgIpc) is 3.19. The van der Waals surface area contributed by atoms with Crippen LogP contribution in [0, 0.1) is 11.3 Å². The molecule has 4 aromatic rings. The number of likely N-dealkylation sites (N-methyl/N-ethyl adjacent to an activating group) is 1. The van der Waals surface area contributed by atoms with Crippen LogP contribution in [0.2, 0.25) is 0 Å². The van der Waals surface area contributed by atoms with Gasteiger partial charge in [-0.25, -0.2) is 9.97 Å². The van der Waals surface area contributed by atoms with E-state index in [1.165, 1.54) is 17.3 Å². The van der Waals surface area contributed by atoms with Crippen LogP contribution >= 0.6 is 0 Å². The zero-order valence-electron chi connectivity index (χ0n) is 16.5. The van der Waals surface area contributed by atoms with Crippen LogP contribution in [-0.2, 0) is 13.0 Å². The second-order valence-corrected chi connectivity index (χ2v) is 7.47. The molecule has 2 aromatic carbocycles. The van der Waals surface area contributed by atoms with Crippen LogP contribution in [0.1, 0.15) is 16.7 Å². The third-order valence-electron chi connectivity index (χ3n) is 5.39. The van der Waals surface area contributed by atoms with Gasteiger partial charge in [0.05, 0.1) is 17.4 Å². The highest BCUT2D eigenvalue weighted by Crippen LogP contribution is 2.26. The fourth-order valence-electron chi connectivity index (χ4n) is 3.83. The lowest BCUT2D eigenvalue weighted by molar-refractivity contribution is 0.313. The van der Waals surface area contributed by atoms with Gasteiger partial charge in [0.15, 0.2) is 5.82 Å². The van der Waals surface area contributed by atoms with E-state index in [1.54, 1.807) is 17.0 Å². The van der Waals surface area contributed by atoms with E-state index >= 15 is 0 Å². The number of nitrogens with one attached hydrogen (secondary N) is 1. The Kier molecular flexibility index (Phi) is 4.30. The van der Waals surface area contributed by atoms with Gasteiger partial charge in [-0.3, -0.25) is 4.57 Å². The third kappa shape index (κ3) is 3.11. The second kappa shape index (κ2) is 7.13. The molecule has 8 heteroatoms. The van der Waals surface area contributed by atoms with Crippen molar-refractivity contribution in [1.82, 2.24) is 24.4 Å². The van der Waals surface area contributed by atoms with Crippen LogP contribution in [0.3, 0.4) is 0 Å². The SMILES string of the molecule is CN1CCc2ccc(Nc3ncc(C#N)c(-n4cnc5c(N)cccc54)n3)cc2C1. The topological polar surface area (TPSA) is 109 Å². The third-order valence-corrected chi connectivity index (χ3v) is 5.39. The number of imidazole rings is 1. The van der Waals surface area contributed by atoms with Crippen molar-refractivity contribution in [2.24, 2.45) is 0 Å². The van der Waals surface area contributed by atoms with Gasteiger partial charge in [0.1, 0.15) is 23.5 Å². The molecular weight excluding hydrogens is 376 g/mol. The number of hydrogen-bond acceptors (Lipinski definition) is 7. The molecule has 2 aromatic heterocycles. The Bertz CT molecular complexity index is 1300. The summed E-state index contributed by atoms with van der Waals surface area (Å²) >= 11 is 0. The van der Waals surface area contributed by atoms with Crippen molar-refractivity contribution < 1.29 is 0 Å². The van der Waals surface area contributed by atoms with E-state index in [2.05, 4.69) is 50.4 Å². The minimum absolute atomic E-state index is 0.356. The van der Waals surface area contributed by atoms with E-state index in [0.29, 0.717) is 28.5 Å². The standard InChI is InChI=1S/C22H20N8/c1-29-8-7-14-5-6-17(9-15(14)12-29)27-22-25-11-16(10-23)21(28-22)30-13-26-20-18(24)3-2-4-19(20)30/h2-6,9,11,13H,7-8,12,24H2,1H3,(H,25,27,28). The highest BCUT2D eigenvalue weighted by Gasteiger charge is 2.16. The number of benzene rings is 2. The minimum Gasteiger partial charge on any atom is -0.397 e. The Morgan fingerprint density at radius 3 is 2.93 bits per heavy atom. The summed E-state index contributed by atoms with van der Waals surface area (Å²) < 4.78 is 1.76. The van der Waals surface area contributed by atoms with E-state index in [1.807, 2.05) is 18.2 Å². The van der Waals surface area contributed by atoms with Gasteiger partial charge in [-0.2, -0.15) is 10.2 Å². The van der Waals surface area contributed by atoms with Crippen molar-refractivity contribution in [1.29, 1.82) is 5.26 Å². The van der Waals surface area contributed by atoms with Crippen LogP contribution in [0.15, 0.2) is 48.9 Å². The highest BCUT2D eigenvalue weighted by molar-refractivity contribution is 5.88. The minimum atomic E-state index is 0.356. The first-order valence-corrected chi connectivity index (χ1v) is 9.69. The van der Waals surface area contributed by atoms with Crippen molar-refractivity contribution in [2.45, 2.75) is 13.0 Å². The Morgan fingerprint density at radius 2 is 2.07 bits per heavy atom. The molecule has 0 amide bonds. The maximum absolute atomic E-state index is 9.57. The van der Waals surface area contributed by atoms with Crippen LogP contribution < -0.4 is 11.1 Å². The van der Waals surface area contributed by atoms with Crippen LogP contribution in [0.25, 0.3) is 16.9 Å². The van der Waals surface area contributed by atoms with Crippen LogP contribution in [-0.4, -0.2) is 38.0 Å². The first-order valence-electron chi connectivity index (χ1n) is 9.69. The monoisotopic (exact) mass is 396 g/mol. The zero-order chi connectivity index (χ0) is 20.7. The fraction of sp³-hybridized carbons (Fsp3) is 0.182. The van der Waals surface area contributed by atoms with Crippen molar-refractivity contribution in [2.75, 3.05) is 24.6 Å². The molecule has 0 radical (unpaired) electrons. The van der Waals surface area contributed by atoms with Gasteiger partial charge >= 0.3 is 0 Å². The number of nitrogen functional groups attached to an aromatic ring is 1. The van der Waals surface area contributed by atoms with Gasteiger partial charge in [0.2, 0.25) is 5.95 Å². The molecule has 0 unspecified atom stereocenters. The molecule has 5 rings (SSSR count). The van der Waals surface area contributed by atoms with Crippen molar-refractivity contribution in [3.63, 3.8) is 0 Å². The molecule has 0 spiro atoms. The maximum Gasteiger partial charge on any atom is 0.229 e. The lowest BCUT2D eigenvalue weighted by Gasteiger charge is -2.25. The van der Waals surface area contributed by atoms with Gasteiger partial charge in [0, 0.05) is 18.8 Å². The smallest absolute Gasteiger partial charge is 0.229 e. The van der Waals surface area contributed by atoms with Crippen LogP contribution in [0.4, 0.5) is 17.3 Å². The number of para-hydroxylation sites is 1. The molecule has 3 heterocycles. The predicted molar refractivity (Wildman–Crippen MR) is 116 cm³/mol. The molecule has 1 aliphatic rings.